The first-order valence-corrected chi connectivity index (χ1v) is 6.20. The molecule has 2 aromatic carbocycles. The molecule has 1 atom stereocenters. The van der Waals surface area contributed by atoms with Crippen molar-refractivity contribution in [2.45, 2.75) is 12.6 Å². The lowest BCUT2D eigenvalue weighted by Crippen LogP contribution is -2.29. The van der Waals surface area contributed by atoms with Crippen molar-refractivity contribution >= 4 is 5.91 Å². The lowest BCUT2D eigenvalue weighted by molar-refractivity contribution is -0.131. The Labute approximate surface area is 113 Å². The zero-order chi connectivity index (χ0) is 13.5. The fraction of sp³-hybridized carbons (Fsp3) is 0.188. The van der Waals surface area contributed by atoms with E-state index < -0.39 is 6.10 Å². The van der Waals surface area contributed by atoms with Crippen molar-refractivity contribution < 1.29 is 9.53 Å². The molecule has 0 aliphatic rings. The number of carbonyl (C=O) groups is 1. The summed E-state index contributed by atoms with van der Waals surface area (Å²) < 4.78 is 5.27. The van der Waals surface area contributed by atoms with E-state index in [0.717, 1.165) is 11.1 Å². The number of ether oxygens (including phenoxy) is 1. The van der Waals surface area contributed by atoms with Crippen LogP contribution in [0, 0.1) is 0 Å². The van der Waals surface area contributed by atoms with Crippen LogP contribution in [0.1, 0.15) is 17.2 Å². The van der Waals surface area contributed by atoms with Gasteiger partial charge in [-0.05, 0) is 11.1 Å². The summed E-state index contributed by atoms with van der Waals surface area (Å²) in [5.41, 5.74) is 1.93. The Morgan fingerprint density at radius 1 is 1.05 bits per heavy atom. The van der Waals surface area contributed by atoms with Gasteiger partial charge in [0.1, 0.15) is 0 Å². The van der Waals surface area contributed by atoms with Gasteiger partial charge in [0.15, 0.2) is 6.10 Å². The molecule has 0 fully saturated rings. The summed E-state index contributed by atoms with van der Waals surface area (Å²) in [6.45, 7) is 0.506. The SMILES string of the molecule is COC(C(=O)NCc1ccccc1)c1ccccc1. The van der Waals surface area contributed by atoms with Crippen LogP contribution in [0.2, 0.25) is 0 Å². The molecular formula is C16H17NO2. The molecule has 19 heavy (non-hydrogen) atoms. The van der Waals surface area contributed by atoms with E-state index in [2.05, 4.69) is 5.32 Å². The van der Waals surface area contributed by atoms with Crippen LogP contribution in [-0.4, -0.2) is 13.0 Å². The quantitative estimate of drug-likeness (QED) is 0.892. The Morgan fingerprint density at radius 3 is 2.21 bits per heavy atom. The van der Waals surface area contributed by atoms with Crippen LogP contribution in [0.5, 0.6) is 0 Å². The molecule has 1 amide bonds. The first-order valence-electron chi connectivity index (χ1n) is 6.20. The molecule has 0 aliphatic carbocycles. The summed E-state index contributed by atoms with van der Waals surface area (Å²) in [6.07, 6.45) is -0.565. The third kappa shape index (κ3) is 3.66. The van der Waals surface area contributed by atoms with Crippen LogP contribution in [0.4, 0.5) is 0 Å². The van der Waals surface area contributed by atoms with Crippen molar-refractivity contribution in [3.8, 4) is 0 Å². The zero-order valence-electron chi connectivity index (χ0n) is 10.9. The molecule has 1 unspecified atom stereocenters. The van der Waals surface area contributed by atoms with E-state index in [1.165, 1.54) is 0 Å². The molecule has 0 aromatic heterocycles. The Bertz CT molecular complexity index is 511. The molecule has 1 N–H and O–H groups in total. The Kier molecular flexibility index (Phi) is 4.70. The predicted molar refractivity (Wildman–Crippen MR) is 74.5 cm³/mol. The summed E-state index contributed by atoms with van der Waals surface area (Å²) in [6, 6.07) is 19.3. The van der Waals surface area contributed by atoms with Crippen molar-refractivity contribution in [3.63, 3.8) is 0 Å². The van der Waals surface area contributed by atoms with Gasteiger partial charge < -0.3 is 10.1 Å². The van der Waals surface area contributed by atoms with Crippen molar-refractivity contribution in [3.05, 3.63) is 71.8 Å². The average molecular weight is 255 g/mol. The van der Waals surface area contributed by atoms with Crippen LogP contribution in [0.3, 0.4) is 0 Å². The van der Waals surface area contributed by atoms with Crippen LogP contribution < -0.4 is 5.32 Å². The van der Waals surface area contributed by atoms with E-state index in [9.17, 15) is 4.79 Å². The number of hydrogen-bond acceptors (Lipinski definition) is 2. The van der Waals surface area contributed by atoms with Gasteiger partial charge in [-0.15, -0.1) is 0 Å². The molecule has 98 valence electrons. The molecule has 3 nitrogen and oxygen atoms in total. The van der Waals surface area contributed by atoms with E-state index in [1.807, 2.05) is 60.7 Å². The minimum absolute atomic E-state index is 0.127. The molecule has 0 bridgehead atoms. The molecule has 0 saturated carbocycles. The van der Waals surface area contributed by atoms with Gasteiger partial charge in [0, 0.05) is 13.7 Å². The van der Waals surface area contributed by atoms with E-state index in [-0.39, 0.29) is 5.91 Å². The smallest absolute Gasteiger partial charge is 0.254 e. The molecule has 0 saturated heterocycles. The summed E-state index contributed by atoms with van der Waals surface area (Å²) in [4.78, 5) is 12.1. The number of amides is 1. The number of hydrogen-bond donors (Lipinski definition) is 1. The average Bonchev–Trinajstić information content (AvgIpc) is 2.48. The topological polar surface area (TPSA) is 38.3 Å². The molecule has 2 rings (SSSR count). The van der Waals surface area contributed by atoms with Gasteiger partial charge in [0.2, 0.25) is 0 Å². The number of rotatable bonds is 5. The highest BCUT2D eigenvalue weighted by molar-refractivity contribution is 5.82. The minimum Gasteiger partial charge on any atom is -0.367 e. The van der Waals surface area contributed by atoms with Crippen LogP contribution >= 0.6 is 0 Å². The maximum atomic E-state index is 12.1. The molecule has 0 aliphatic heterocycles. The fourth-order valence-corrected chi connectivity index (χ4v) is 1.90. The van der Waals surface area contributed by atoms with Crippen molar-refractivity contribution in [1.29, 1.82) is 0 Å². The van der Waals surface area contributed by atoms with Gasteiger partial charge >= 0.3 is 0 Å². The largest absolute Gasteiger partial charge is 0.367 e. The van der Waals surface area contributed by atoms with Crippen LogP contribution in [0.15, 0.2) is 60.7 Å². The highest BCUT2D eigenvalue weighted by Crippen LogP contribution is 2.16. The Morgan fingerprint density at radius 2 is 1.63 bits per heavy atom. The number of carbonyl (C=O) groups excluding carboxylic acids is 1. The van der Waals surface area contributed by atoms with Crippen molar-refractivity contribution in [2.75, 3.05) is 7.11 Å². The first kappa shape index (κ1) is 13.3. The molecule has 0 spiro atoms. The number of nitrogens with one attached hydrogen (secondary N) is 1. The lowest BCUT2D eigenvalue weighted by atomic mass is 10.1. The second kappa shape index (κ2) is 6.71. The minimum atomic E-state index is -0.565. The van der Waals surface area contributed by atoms with Gasteiger partial charge in [0.25, 0.3) is 5.91 Å². The third-order valence-electron chi connectivity index (χ3n) is 2.89. The van der Waals surface area contributed by atoms with Crippen molar-refractivity contribution in [1.82, 2.24) is 5.32 Å². The summed E-state index contributed by atoms with van der Waals surface area (Å²) in [5.74, 6) is -0.127. The first-order chi connectivity index (χ1) is 9.31. The number of benzene rings is 2. The van der Waals surface area contributed by atoms with E-state index in [4.69, 9.17) is 4.74 Å². The van der Waals surface area contributed by atoms with E-state index in [1.54, 1.807) is 7.11 Å². The lowest BCUT2D eigenvalue weighted by Gasteiger charge is -2.15. The standard InChI is InChI=1S/C16H17NO2/c1-19-15(14-10-6-3-7-11-14)16(18)17-12-13-8-4-2-5-9-13/h2-11,15H,12H2,1H3,(H,17,18). The van der Waals surface area contributed by atoms with Gasteiger partial charge in [-0.25, -0.2) is 0 Å². The van der Waals surface area contributed by atoms with Crippen molar-refractivity contribution in [2.24, 2.45) is 0 Å². The van der Waals surface area contributed by atoms with E-state index in [0.29, 0.717) is 6.54 Å². The van der Waals surface area contributed by atoms with Crippen LogP contribution in [0.25, 0.3) is 0 Å². The van der Waals surface area contributed by atoms with Gasteiger partial charge in [-0.2, -0.15) is 0 Å². The third-order valence-corrected chi connectivity index (χ3v) is 2.89. The Balaban J connectivity index is 1.98. The van der Waals surface area contributed by atoms with Crippen LogP contribution in [-0.2, 0) is 16.1 Å². The second-order valence-corrected chi connectivity index (χ2v) is 4.23. The molecule has 3 heteroatoms. The maximum absolute atomic E-state index is 12.1. The predicted octanol–water partition coefficient (Wildman–Crippen LogP) is 2.69. The fourth-order valence-electron chi connectivity index (χ4n) is 1.90. The molecular weight excluding hydrogens is 238 g/mol. The normalized spacial score (nSPS) is 11.8. The zero-order valence-corrected chi connectivity index (χ0v) is 10.9. The van der Waals surface area contributed by atoms with E-state index >= 15 is 0 Å². The number of methoxy groups -OCH3 is 1. The second-order valence-electron chi connectivity index (χ2n) is 4.23. The molecule has 0 radical (unpaired) electrons. The Hall–Kier alpha value is -2.13. The highest BCUT2D eigenvalue weighted by Gasteiger charge is 2.19. The summed E-state index contributed by atoms with van der Waals surface area (Å²) in [5, 5.41) is 2.88. The molecule has 2 aromatic rings. The van der Waals surface area contributed by atoms with Gasteiger partial charge in [-0.1, -0.05) is 60.7 Å². The summed E-state index contributed by atoms with van der Waals surface area (Å²) in [7, 11) is 1.54. The van der Waals surface area contributed by atoms with Gasteiger partial charge in [-0.3, -0.25) is 4.79 Å². The maximum Gasteiger partial charge on any atom is 0.254 e. The van der Waals surface area contributed by atoms with Gasteiger partial charge in [0.05, 0.1) is 0 Å². The monoisotopic (exact) mass is 255 g/mol. The summed E-state index contributed by atoms with van der Waals surface area (Å²) >= 11 is 0. The highest BCUT2D eigenvalue weighted by atomic mass is 16.5. The molecule has 0 heterocycles.